The Bertz CT molecular complexity index is 1430. The molecule has 0 spiro atoms. The van der Waals surface area contributed by atoms with E-state index >= 15 is 0 Å². The van der Waals surface area contributed by atoms with Crippen LogP contribution in [0.2, 0.25) is 0 Å². The van der Waals surface area contributed by atoms with Gasteiger partial charge in [-0.05, 0) is 42.2 Å². The maximum Gasteiger partial charge on any atom is 0.247 e. The van der Waals surface area contributed by atoms with Gasteiger partial charge in [-0.3, -0.25) is 9.59 Å². The van der Waals surface area contributed by atoms with Crippen LogP contribution >= 0.6 is 0 Å². The van der Waals surface area contributed by atoms with Gasteiger partial charge in [0.15, 0.2) is 0 Å². The maximum atomic E-state index is 13.4. The van der Waals surface area contributed by atoms with Crippen molar-refractivity contribution in [3.05, 3.63) is 119 Å². The standard InChI is InChI=1S/C33H36N4O2/c1-25-13-11-12-18-28(25)37-30(23-29(35-37)33(2,3)4)34-31(38)24-36(22-21-27-16-9-6-10-17-27)32(39)20-19-26-14-7-5-8-15-26/h5-20,23H,21-22,24H2,1-4H3,(H,34,38)/b20-19+. The highest BCUT2D eigenvalue weighted by molar-refractivity contribution is 5.98. The van der Waals surface area contributed by atoms with Gasteiger partial charge in [0.1, 0.15) is 12.4 Å². The lowest BCUT2D eigenvalue weighted by molar-refractivity contribution is -0.130. The van der Waals surface area contributed by atoms with E-state index in [-0.39, 0.29) is 23.8 Å². The van der Waals surface area contributed by atoms with Crippen molar-refractivity contribution in [1.82, 2.24) is 14.7 Å². The molecule has 0 bridgehead atoms. The van der Waals surface area contributed by atoms with Crippen LogP contribution in [0.15, 0.2) is 97.1 Å². The Balaban J connectivity index is 1.56. The van der Waals surface area contributed by atoms with E-state index in [1.807, 2.05) is 97.9 Å². The van der Waals surface area contributed by atoms with Gasteiger partial charge in [-0.2, -0.15) is 5.10 Å². The van der Waals surface area contributed by atoms with Gasteiger partial charge in [-0.1, -0.05) is 99.6 Å². The van der Waals surface area contributed by atoms with E-state index in [4.69, 9.17) is 5.10 Å². The molecular weight excluding hydrogens is 484 g/mol. The van der Waals surface area contributed by atoms with E-state index in [0.717, 1.165) is 28.1 Å². The molecule has 39 heavy (non-hydrogen) atoms. The van der Waals surface area contributed by atoms with E-state index in [9.17, 15) is 9.59 Å². The fraction of sp³-hybridized carbons (Fsp3) is 0.242. The lowest BCUT2D eigenvalue weighted by atomic mass is 9.92. The summed E-state index contributed by atoms with van der Waals surface area (Å²) < 4.78 is 1.78. The van der Waals surface area contributed by atoms with Gasteiger partial charge in [0.2, 0.25) is 11.8 Å². The molecule has 0 radical (unpaired) electrons. The van der Waals surface area contributed by atoms with Gasteiger partial charge in [0.25, 0.3) is 0 Å². The van der Waals surface area contributed by atoms with Crippen molar-refractivity contribution in [1.29, 1.82) is 0 Å². The number of nitrogens with one attached hydrogen (secondary N) is 1. The Labute approximate surface area is 231 Å². The minimum absolute atomic E-state index is 0.0748. The van der Waals surface area contributed by atoms with Gasteiger partial charge in [-0.15, -0.1) is 0 Å². The number of para-hydroxylation sites is 1. The smallest absolute Gasteiger partial charge is 0.247 e. The molecule has 0 fully saturated rings. The molecule has 0 aliphatic carbocycles. The summed E-state index contributed by atoms with van der Waals surface area (Å²) in [6, 6.07) is 29.5. The molecule has 4 rings (SSSR count). The molecule has 1 heterocycles. The molecule has 6 nitrogen and oxygen atoms in total. The number of benzene rings is 3. The van der Waals surface area contributed by atoms with Crippen LogP contribution in [-0.2, 0) is 21.4 Å². The van der Waals surface area contributed by atoms with Crippen molar-refractivity contribution in [2.75, 3.05) is 18.4 Å². The van der Waals surface area contributed by atoms with Crippen LogP contribution in [0, 0.1) is 6.92 Å². The number of aromatic nitrogens is 2. The van der Waals surface area contributed by atoms with Crippen LogP contribution in [0.25, 0.3) is 11.8 Å². The Morgan fingerprint density at radius 2 is 1.56 bits per heavy atom. The molecule has 0 atom stereocenters. The van der Waals surface area contributed by atoms with Gasteiger partial charge in [0.05, 0.1) is 11.4 Å². The Kier molecular flexibility index (Phi) is 8.77. The molecule has 0 aliphatic heterocycles. The third kappa shape index (κ3) is 7.54. The number of carbonyl (C=O) groups is 2. The third-order valence-electron chi connectivity index (χ3n) is 6.47. The summed E-state index contributed by atoms with van der Waals surface area (Å²) in [6.45, 7) is 8.63. The first-order valence-corrected chi connectivity index (χ1v) is 13.2. The normalized spacial score (nSPS) is 11.5. The number of anilines is 1. The summed E-state index contributed by atoms with van der Waals surface area (Å²) in [5.41, 5.74) is 4.63. The zero-order valence-electron chi connectivity index (χ0n) is 23.1. The quantitative estimate of drug-likeness (QED) is 0.267. The molecule has 200 valence electrons. The van der Waals surface area contributed by atoms with Crippen molar-refractivity contribution >= 4 is 23.7 Å². The Morgan fingerprint density at radius 3 is 2.23 bits per heavy atom. The average molecular weight is 521 g/mol. The van der Waals surface area contributed by atoms with E-state index in [0.29, 0.717) is 18.8 Å². The van der Waals surface area contributed by atoms with E-state index in [1.54, 1.807) is 15.7 Å². The van der Waals surface area contributed by atoms with E-state index in [2.05, 4.69) is 26.1 Å². The molecule has 3 aromatic carbocycles. The van der Waals surface area contributed by atoms with Crippen molar-refractivity contribution < 1.29 is 9.59 Å². The first-order valence-electron chi connectivity index (χ1n) is 13.2. The van der Waals surface area contributed by atoms with Crippen LogP contribution in [0.4, 0.5) is 5.82 Å². The van der Waals surface area contributed by atoms with Gasteiger partial charge in [-0.25, -0.2) is 4.68 Å². The van der Waals surface area contributed by atoms with Gasteiger partial charge in [0, 0.05) is 24.1 Å². The largest absolute Gasteiger partial charge is 0.330 e. The second-order valence-corrected chi connectivity index (χ2v) is 10.7. The Morgan fingerprint density at radius 1 is 0.923 bits per heavy atom. The fourth-order valence-electron chi connectivity index (χ4n) is 4.19. The third-order valence-corrected chi connectivity index (χ3v) is 6.47. The van der Waals surface area contributed by atoms with Crippen molar-refractivity contribution in [2.45, 2.75) is 39.5 Å². The van der Waals surface area contributed by atoms with Crippen molar-refractivity contribution in [3.8, 4) is 5.69 Å². The van der Waals surface area contributed by atoms with Crippen molar-refractivity contribution in [2.24, 2.45) is 0 Å². The molecule has 0 saturated heterocycles. The molecule has 1 aromatic heterocycles. The molecular formula is C33H36N4O2. The zero-order valence-corrected chi connectivity index (χ0v) is 23.1. The van der Waals surface area contributed by atoms with Crippen molar-refractivity contribution in [3.63, 3.8) is 0 Å². The lowest BCUT2D eigenvalue weighted by Crippen LogP contribution is -2.38. The second-order valence-electron chi connectivity index (χ2n) is 10.7. The number of rotatable bonds is 9. The number of hydrogen-bond donors (Lipinski definition) is 1. The molecule has 0 saturated carbocycles. The lowest BCUT2D eigenvalue weighted by Gasteiger charge is -2.21. The van der Waals surface area contributed by atoms with Crippen LogP contribution < -0.4 is 5.32 Å². The SMILES string of the molecule is Cc1ccccc1-n1nc(C(C)(C)C)cc1NC(=O)CN(CCc1ccccc1)C(=O)/C=C/c1ccccc1. The van der Waals surface area contributed by atoms with Gasteiger partial charge < -0.3 is 10.2 Å². The van der Waals surface area contributed by atoms with Crippen LogP contribution in [0.5, 0.6) is 0 Å². The number of amides is 2. The summed E-state index contributed by atoms with van der Waals surface area (Å²) in [6.07, 6.45) is 3.95. The predicted octanol–water partition coefficient (Wildman–Crippen LogP) is 6.20. The fourth-order valence-corrected chi connectivity index (χ4v) is 4.19. The first-order chi connectivity index (χ1) is 18.7. The first kappa shape index (κ1) is 27.6. The molecule has 1 N–H and O–H groups in total. The Hall–Kier alpha value is -4.45. The summed E-state index contributed by atoms with van der Waals surface area (Å²) >= 11 is 0. The van der Waals surface area contributed by atoms with E-state index < -0.39 is 0 Å². The molecule has 4 aromatic rings. The number of aryl methyl sites for hydroxylation is 1. The highest BCUT2D eigenvalue weighted by Gasteiger charge is 2.23. The number of hydrogen-bond acceptors (Lipinski definition) is 3. The highest BCUT2D eigenvalue weighted by Crippen LogP contribution is 2.27. The number of carbonyl (C=O) groups excluding carboxylic acids is 2. The molecule has 6 heteroatoms. The van der Waals surface area contributed by atoms with E-state index in [1.165, 1.54) is 6.08 Å². The topological polar surface area (TPSA) is 67.2 Å². The molecule has 2 amide bonds. The summed E-state index contributed by atoms with van der Waals surface area (Å²) in [5.74, 6) is 0.0851. The zero-order chi connectivity index (χ0) is 27.8. The maximum absolute atomic E-state index is 13.4. The molecule has 0 unspecified atom stereocenters. The summed E-state index contributed by atoms with van der Waals surface area (Å²) in [5, 5.41) is 7.86. The predicted molar refractivity (Wildman–Crippen MR) is 158 cm³/mol. The van der Waals surface area contributed by atoms with Crippen LogP contribution in [0.3, 0.4) is 0 Å². The highest BCUT2D eigenvalue weighted by atomic mass is 16.2. The minimum atomic E-state index is -0.278. The van der Waals surface area contributed by atoms with Crippen LogP contribution in [-0.4, -0.2) is 39.6 Å². The summed E-state index contributed by atoms with van der Waals surface area (Å²) in [7, 11) is 0. The molecule has 0 aliphatic rings. The average Bonchev–Trinajstić information content (AvgIpc) is 3.35. The monoisotopic (exact) mass is 520 g/mol. The minimum Gasteiger partial charge on any atom is -0.330 e. The van der Waals surface area contributed by atoms with Crippen LogP contribution in [0.1, 0.15) is 43.2 Å². The second kappa shape index (κ2) is 12.4. The van der Waals surface area contributed by atoms with Gasteiger partial charge >= 0.3 is 0 Å². The summed E-state index contributed by atoms with van der Waals surface area (Å²) in [4.78, 5) is 28.2. The number of nitrogens with zero attached hydrogens (tertiary/aromatic N) is 3.